The fraction of sp³-hybridized carbons (Fsp3) is 0.353. The van der Waals surface area contributed by atoms with E-state index in [0.717, 1.165) is 11.3 Å². The Balaban J connectivity index is 0.00000180. The molecule has 1 aromatic carbocycles. The van der Waals surface area contributed by atoms with Crippen molar-refractivity contribution in [3.8, 4) is 11.3 Å². The van der Waals surface area contributed by atoms with Crippen LogP contribution in [0.25, 0.3) is 11.3 Å². The molecule has 2 rings (SSSR count). The van der Waals surface area contributed by atoms with Crippen molar-refractivity contribution in [3.05, 3.63) is 53.7 Å². The second kappa shape index (κ2) is 6.98. The van der Waals surface area contributed by atoms with Gasteiger partial charge in [0.15, 0.2) is 0 Å². The molecule has 2 aromatic rings. The van der Waals surface area contributed by atoms with Gasteiger partial charge < -0.3 is 4.98 Å². The Morgan fingerprint density at radius 1 is 0.895 bits per heavy atom. The van der Waals surface area contributed by atoms with Gasteiger partial charge in [0, 0.05) is 26.3 Å². The van der Waals surface area contributed by atoms with Crippen molar-refractivity contribution in [2.45, 2.75) is 39.5 Å². The van der Waals surface area contributed by atoms with Gasteiger partial charge in [0.25, 0.3) is 0 Å². The molecule has 0 aliphatic carbocycles. The molecule has 1 radical (unpaired) electrons. The van der Waals surface area contributed by atoms with Gasteiger partial charge in [-0.1, -0.05) is 45.7 Å². The minimum atomic E-state index is 0. The molecule has 1 aromatic heterocycles. The average Bonchev–Trinajstić information content (AvgIpc) is 2.39. The molecule has 0 amide bonds. The van der Waals surface area contributed by atoms with E-state index in [1.807, 2.05) is 6.20 Å². The molecule has 1 heterocycles. The Bertz CT molecular complexity index is 448. The minimum absolute atomic E-state index is 0. The van der Waals surface area contributed by atoms with Crippen molar-refractivity contribution < 1.29 is 20.1 Å². The maximum absolute atomic E-state index is 4.51. The molecule has 0 aliphatic rings. The van der Waals surface area contributed by atoms with Crippen LogP contribution < -0.4 is 0 Å². The maximum atomic E-state index is 4.51. The largest absolute Gasteiger partial charge is 0.304 e. The smallest absolute Gasteiger partial charge is 0.0195 e. The quantitative estimate of drug-likeness (QED) is 0.638. The summed E-state index contributed by atoms with van der Waals surface area (Å²) in [4.78, 5) is 4.51. The van der Waals surface area contributed by atoms with Gasteiger partial charge in [0.2, 0.25) is 0 Å². The molecule has 0 atom stereocenters. The Kier molecular flexibility index (Phi) is 5.90. The fourth-order valence-corrected chi connectivity index (χ4v) is 1.86. The molecular formula is C17H20IrN-. The van der Waals surface area contributed by atoms with Crippen molar-refractivity contribution in [1.82, 2.24) is 4.98 Å². The molecule has 0 saturated heterocycles. The molecule has 1 nitrogen and oxygen atoms in total. The molecule has 0 bridgehead atoms. The van der Waals surface area contributed by atoms with Crippen LogP contribution in [0.4, 0.5) is 0 Å². The molecule has 0 fully saturated rings. The molecule has 0 saturated carbocycles. The zero-order valence-corrected chi connectivity index (χ0v) is 14.3. The zero-order chi connectivity index (χ0) is 13.1. The maximum Gasteiger partial charge on any atom is 0.0195 e. The van der Waals surface area contributed by atoms with Crippen molar-refractivity contribution in [2.24, 2.45) is 0 Å². The van der Waals surface area contributed by atoms with Crippen molar-refractivity contribution in [1.29, 1.82) is 0 Å². The van der Waals surface area contributed by atoms with Crippen LogP contribution in [0.15, 0.2) is 36.5 Å². The summed E-state index contributed by atoms with van der Waals surface area (Å²) in [6.45, 7) is 8.75. The van der Waals surface area contributed by atoms with Gasteiger partial charge in [0.1, 0.15) is 0 Å². The zero-order valence-electron chi connectivity index (χ0n) is 11.9. The summed E-state index contributed by atoms with van der Waals surface area (Å²) in [7, 11) is 0. The van der Waals surface area contributed by atoms with Crippen LogP contribution in [-0.2, 0) is 20.1 Å². The van der Waals surface area contributed by atoms with Crippen LogP contribution in [0, 0.1) is 6.07 Å². The summed E-state index contributed by atoms with van der Waals surface area (Å²) < 4.78 is 0. The van der Waals surface area contributed by atoms with Crippen LogP contribution in [0.1, 0.15) is 50.7 Å². The van der Waals surface area contributed by atoms with Gasteiger partial charge in [-0.05, 0) is 17.2 Å². The van der Waals surface area contributed by atoms with Crippen LogP contribution in [0.2, 0.25) is 0 Å². The van der Waals surface area contributed by atoms with Crippen LogP contribution >= 0.6 is 0 Å². The van der Waals surface area contributed by atoms with E-state index in [0.29, 0.717) is 11.8 Å². The van der Waals surface area contributed by atoms with Crippen LogP contribution in [0.3, 0.4) is 0 Å². The SMILES string of the molecule is CC(C)c1c[c-]c(-c2ccc(C(C)C)cn2)cc1.[Ir]. The van der Waals surface area contributed by atoms with E-state index in [1.165, 1.54) is 11.1 Å². The first-order valence-corrected chi connectivity index (χ1v) is 6.56. The number of hydrogen-bond acceptors (Lipinski definition) is 1. The summed E-state index contributed by atoms with van der Waals surface area (Å²) in [6, 6.07) is 13.9. The van der Waals surface area contributed by atoms with E-state index < -0.39 is 0 Å². The second-order valence-corrected chi connectivity index (χ2v) is 5.32. The van der Waals surface area contributed by atoms with E-state index in [1.54, 1.807) is 0 Å². The first-order valence-electron chi connectivity index (χ1n) is 6.56. The first kappa shape index (κ1) is 16.1. The normalized spacial score (nSPS) is 10.6. The number of benzene rings is 1. The average molecular weight is 431 g/mol. The summed E-state index contributed by atoms with van der Waals surface area (Å²) >= 11 is 0. The third kappa shape index (κ3) is 3.99. The molecule has 0 N–H and O–H groups in total. The fourth-order valence-electron chi connectivity index (χ4n) is 1.86. The Hall–Kier alpha value is -0.981. The third-order valence-corrected chi connectivity index (χ3v) is 3.23. The Morgan fingerprint density at radius 3 is 1.95 bits per heavy atom. The summed E-state index contributed by atoms with van der Waals surface area (Å²) in [6.07, 6.45) is 1.96. The second-order valence-electron chi connectivity index (χ2n) is 5.32. The van der Waals surface area contributed by atoms with E-state index in [4.69, 9.17) is 0 Å². The molecule has 0 aliphatic heterocycles. The Morgan fingerprint density at radius 2 is 1.53 bits per heavy atom. The molecule has 0 unspecified atom stereocenters. The predicted molar refractivity (Wildman–Crippen MR) is 76.7 cm³/mol. The standard InChI is InChI=1S/C17H20N.Ir/c1-12(2)14-5-7-15(8-6-14)17-10-9-16(11-18-17)13(3)4;/h5-7,9-13H,1-4H3;/q-1;. The van der Waals surface area contributed by atoms with E-state index in [9.17, 15) is 0 Å². The topological polar surface area (TPSA) is 12.9 Å². The minimum Gasteiger partial charge on any atom is -0.304 e. The van der Waals surface area contributed by atoms with Crippen molar-refractivity contribution in [2.75, 3.05) is 0 Å². The summed E-state index contributed by atoms with van der Waals surface area (Å²) in [5.74, 6) is 1.07. The predicted octanol–water partition coefficient (Wildman–Crippen LogP) is 4.79. The van der Waals surface area contributed by atoms with Gasteiger partial charge in [-0.15, -0.1) is 35.4 Å². The summed E-state index contributed by atoms with van der Waals surface area (Å²) in [5.41, 5.74) is 4.65. The van der Waals surface area contributed by atoms with E-state index >= 15 is 0 Å². The van der Waals surface area contributed by atoms with E-state index in [-0.39, 0.29) is 20.1 Å². The molecule has 0 spiro atoms. The number of nitrogens with zero attached hydrogens (tertiary/aromatic N) is 1. The van der Waals surface area contributed by atoms with Crippen LogP contribution in [-0.4, -0.2) is 4.98 Å². The first-order chi connectivity index (χ1) is 8.58. The monoisotopic (exact) mass is 431 g/mol. The third-order valence-electron chi connectivity index (χ3n) is 3.23. The molecule has 2 heteroatoms. The number of rotatable bonds is 3. The van der Waals surface area contributed by atoms with Gasteiger partial charge >= 0.3 is 0 Å². The van der Waals surface area contributed by atoms with Gasteiger partial charge in [-0.3, -0.25) is 0 Å². The molecular weight excluding hydrogens is 410 g/mol. The molecule has 19 heavy (non-hydrogen) atoms. The van der Waals surface area contributed by atoms with Gasteiger partial charge in [-0.2, -0.15) is 0 Å². The molecule has 103 valence electrons. The van der Waals surface area contributed by atoms with Crippen LogP contribution in [0.5, 0.6) is 0 Å². The number of pyridine rings is 1. The number of aromatic nitrogens is 1. The summed E-state index contributed by atoms with van der Waals surface area (Å²) in [5, 5.41) is 0. The van der Waals surface area contributed by atoms with Gasteiger partial charge in [-0.25, -0.2) is 0 Å². The van der Waals surface area contributed by atoms with Crippen molar-refractivity contribution in [3.63, 3.8) is 0 Å². The number of hydrogen-bond donors (Lipinski definition) is 0. The Labute approximate surface area is 129 Å². The van der Waals surface area contributed by atoms with Gasteiger partial charge in [0.05, 0.1) is 0 Å². The van der Waals surface area contributed by atoms with Crippen molar-refractivity contribution >= 4 is 0 Å². The van der Waals surface area contributed by atoms with E-state index in [2.05, 4.69) is 69.1 Å².